The summed E-state index contributed by atoms with van der Waals surface area (Å²) in [7, 11) is 0. The number of rotatable bonds is 2. The molecule has 2 aromatic rings. The van der Waals surface area contributed by atoms with Gasteiger partial charge in [-0.25, -0.2) is 13.9 Å². The first-order valence-electron chi connectivity index (χ1n) is 6.25. The zero-order chi connectivity index (χ0) is 13.4. The van der Waals surface area contributed by atoms with Crippen molar-refractivity contribution in [3.05, 3.63) is 50.9 Å². The third-order valence-electron chi connectivity index (χ3n) is 3.35. The summed E-state index contributed by atoms with van der Waals surface area (Å²) in [4.78, 5) is 12.1. The van der Waals surface area contributed by atoms with Crippen molar-refractivity contribution >= 4 is 11.6 Å². The minimum Gasteiger partial charge on any atom is -0.279 e. The van der Waals surface area contributed by atoms with Gasteiger partial charge in [0.1, 0.15) is 11.6 Å². The van der Waals surface area contributed by atoms with Gasteiger partial charge in [0.15, 0.2) is 0 Å². The number of fused-ring (bicyclic) bond motifs is 1. The summed E-state index contributed by atoms with van der Waals surface area (Å²) in [5, 5.41) is 4.39. The Morgan fingerprint density at radius 3 is 2.95 bits per heavy atom. The quantitative estimate of drug-likeness (QED) is 0.847. The number of hydrogen-bond donors (Lipinski definition) is 0. The second kappa shape index (κ2) is 4.81. The topological polar surface area (TPSA) is 39.8 Å². The Labute approximate surface area is 114 Å². The SMILES string of the molecule is O=c1n(Cc2ccc(F)c(Cl)c2)nc2n1CCCC2. The van der Waals surface area contributed by atoms with Gasteiger partial charge in [-0.2, -0.15) is 5.10 Å². The standard InChI is InChI=1S/C13H13ClFN3O/c14-10-7-9(4-5-11(10)15)8-18-13(19)17-6-2-1-3-12(17)16-18/h4-5,7H,1-3,6,8H2. The van der Waals surface area contributed by atoms with Crippen molar-refractivity contribution in [3.8, 4) is 0 Å². The zero-order valence-corrected chi connectivity index (χ0v) is 11.0. The van der Waals surface area contributed by atoms with Gasteiger partial charge in [0.25, 0.3) is 0 Å². The predicted molar refractivity (Wildman–Crippen MR) is 69.9 cm³/mol. The minimum atomic E-state index is -0.457. The number of aryl methyl sites for hydroxylation is 1. The van der Waals surface area contributed by atoms with Gasteiger partial charge in [-0.15, -0.1) is 0 Å². The third-order valence-corrected chi connectivity index (χ3v) is 3.64. The summed E-state index contributed by atoms with van der Waals surface area (Å²) in [6, 6.07) is 4.45. The van der Waals surface area contributed by atoms with E-state index in [9.17, 15) is 9.18 Å². The minimum absolute atomic E-state index is 0.0644. The Kier molecular flexibility index (Phi) is 3.14. The highest BCUT2D eigenvalue weighted by molar-refractivity contribution is 6.30. The average Bonchev–Trinajstić information content (AvgIpc) is 2.72. The van der Waals surface area contributed by atoms with Gasteiger partial charge in [0, 0.05) is 13.0 Å². The molecule has 0 unspecified atom stereocenters. The number of halogens is 2. The van der Waals surface area contributed by atoms with Crippen molar-refractivity contribution in [2.45, 2.75) is 32.4 Å². The maximum Gasteiger partial charge on any atom is 0.346 e. The van der Waals surface area contributed by atoms with E-state index < -0.39 is 5.82 Å². The molecule has 0 radical (unpaired) electrons. The molecule has 0 saturated carbocycles. The predicted octanol–water partition coefficient (Wildman–Crippen LogP) is 2.22. The van der Waals surface area contributed by atoms with Crippen LogP contribution < -0.4 is 5.69 Å². The first kappa shape index (κ1) is 12.4. The van der Waals surface area contributed by atoms with Crippen molar-refractivity contribution in [2.75, 3.05) is 0 Å². The maximum atomic E-state index is 13.1. The normalized spacial score (nSPS) is 14.4. The van der Waals surface area contributed by atoms with Crippen LogP contribution in [-0.4, -0.2) is 14.3 Å². The zero-order valence-electron chi connectivity index (χ0n) is 10.3. The van der Waals surface area contributed by atoms with Crippen molar-refractivity contribution < 1.29 is 4.39 Å². The molecule has 4 nitrogen and oxygen atoms in total. The van der Waals surface area contributed by atoms with E-state index in [4.69, 9.17) is 11.6 Å². The van der Waals surface area contributed by atoms with Gasteiger partial charge in [-0.1, -0.05) is 17.7 Å². The van der Waals surface area contributed by atoms with Crippen molar-refractivity contribution in [1.29, 1.82) is 0 Å². The van der Waals surface area contributed by atoms with Crippen LogP contribution in [0, 0.1) is 5.82 Å². The molecule has 0 aliphatic carbocycles. The second-order valence-electron chi connectivity index (χ2n) is 4.71. The van der Waals surface area contributed by atoms with E-state index in [0.717, 1.165) is 37.2 Å². The molecule has 0 saturated heterocycles. The summed E-state index contributed by atoms with van der Waals surface area (Å²) in [5.74, 6) is 0.381. The average molecular weight is 282 g/mol. The Morgan fingerprint density at radius 2 is 2.21 bits per heavy atom. The van der Waals surface area contributed by atoms with E-state index in [2.05, 4.69) is 5.10 Å². The van der Waals surface area contributed by atoms with Crippen LogP contribution in [0.2, 0.25) is 5.02 Å². The highest BCUT2D eigenvalue weighted by atomic mass is 35.5. The molecule has 1 aliphatic rings. The second-order valence-corrected chi connectivity index (χ2v) is 5.12. The van der Waals surface area contributed by atoms with Crippen LogP contribution >= 0.6 is 11.6 Å². The molecular formula is C13H13ClFN3O. The molecule has 19 heavy (non-hydrogen) atoms. The Balaban J connectivity index is 1.93. The lowest BCUT2D eigenvalue weighted by Gasteiger charge is -2.09. The molecule has 0 atom stereocenters. The van der Waals surface area contributed by atoms with Crippen LogP contribution in [0.25, 0.3) is 0 Å². The van der Waals surface area contributed by atoms with E-state index in [-0.39, 0.29) is 10.7 Å². The Morgan fingerprint density at radius 1 is 1.37 bits per heavy atom. The van der Waals surface area contributed by atoms with Crippen LogP contribution in [0.15, 0.2) is 23.0 Å². The fourth-order valence-corrected chi connectivity index (χ4v) is 2.57. The van der Waals surface area contributed by atoms with Crippen LogP contribution in [-0.2, 0) is 19.5 Å². The van der Waals surface area contributed by atoms with Gasteiger partial charge in [0.05, 0.1) is 11.6 Å². The van der Waals surface area contributed by atoms with Gasteiger partial charge in [0.2, 0.25) is 0 Å². The summed E-state index contributed by atoms with van der Waals surface area (Å²) >= 11 is 5.73. The molecule has 6 heteroatoms. The lowest BCUT2D eigenvalue weighted by molar-refractivity contribution is 0.511. The molecule has 0 fully saturated rings. The molecular weight excluding hydrogens is 269 g/mol. The van der Waals surface area contributed by atoms with Gasteiger partial charge in [-0.3, -0.25) is 4.57 Å². The first-order chi connectivity index (χ1) is 9.15. The number of benzene rings is 1. The number of nitrogens with zero attached hydrogens (tertiary/aromatic N) is 3. The molecule has 100 valence electrons. The van der Waals surface area contributed by atoms with E-state index in [1.807, 2.05) is 0 Å². The number of aromatic nitrogens is 3. The summed E-state index contributed by atoms with van der Waals surface area (Å²) < 4.78 is 16.2. The molecule has 1 aromatic carbocycles. The van der Waals surface area contributed by atoms with Gasteiger partial charge >= 0.3 is 5.69 Å². The summed E-state index contributed by atoms with van der Waals surface area (Å²) in [6.45, 7) is 1.05. The molecule has 0 spiro atoms. The van der Waals surface area contributed by atoms with Crippen LogP contribution in [0.3, 0.4) is 0 Å². The molecule has 0 bridgehead atoms. The van der Waals surface area contributed by atoms with Crippen LogP contribution in [0.4, 0.5) is 4.39 Å². The lowest BCUT2D eigenvalue weighted by Crippen LogP contribution is -2.27. The fourth-order valence-electron chi connectivity index (χ4n) is 2.36. The molecule has 3 rings (SSSR count). The van der Waals surface area contributed by atoms with E-state index >= 15 is 0 Å². The van der Waals surface area contributed by atoms with E-state index in [0.29, 0.717) is 6.54 Å². The van der Waals surface area contributed by atoms with E-state index in [1.165, 1.54) is 16.8 Å². The Hall–Kier alpha value is -1.62. The Bertz CT molecular complexity index is 677. The van der Waals surface area contributed by atoms with Crippen molar-refractivity contribution in [3.63, 3.8) is 0 Å². The largest absolute Gasteiger partial charge is 0.346 e. The van der Waals surface area contributed by atoms with Crippen LogP contribution in [0.1, 0.15) is 24.2 Å². The monoisotopic (exact) mass is 281 g/mol. The molecule has 0 N–H and O–H groups in total. The molecule has 1 aliphatic heterocycles. The van der Waals surface area contributed by atoms with Crippen molar-refractivity contribution in [2.24, 2.45) is 0 Å². The fraction of sp³-hybridized carbons (Fsp3) is 0.385. The highest BCUT2D eigenvalue weighted by Gasteiger charge is 2.16. The molecule has 2 heterocycles. The smallest absolute Gasteiger partial charge is 0.279 e. The van der Waals surface area contributed by atoms with Crippen LogP contribution in [0.5, 0.6) is 0 Å². The molecule has 0 amide bonds. The highest BCUT2D eigenvalue weighted by Crippen LogP contribution is 2.16. The lowest BCUT2D eigenvalue weighted by atomic mass is 10.2. The summed E-state index contributed by atoms with van der Waals surface area (Å²) in [6.07, 6.45) is 2.92. The third kappa shape index (κ3) is 2.30. The van der Waals surface area contributed by atoms with Gasteiger partial charge < -0.3 is 0 Å². The van der Waals surface area contributed by atoms with E-state index in [1.54, 1.807) is 10.6 Å². The first-order valence-corrected chi connectivity index (χ1v) is 6.63. The molecule has 1 aromatic heterocycles. The summed E-state index contributed by atoms with van der Waals surface area (Å²) in [5.41, 5.74) is 0.666. The van der Waals surface area contributed by atoms with Gasteiger partial charge in [-0.05, 0) is 30.5 Å². The van der Waals surface area contributed by atoms with Crippen molar-refractivity contribution in [1.82, 2.24) is 14.3 Å². The maximum absolute atomic E-state index is 13.1. The number of hydrogen-bond acceptors (Lipinski definition) is 2.